The summed E-state index contributed by atoms with van der Waals surface area (Å²) in [6.07, 6.45) is 1.75. The van der Waals surface area contributed by atoms with Crippen molar-refractivity contribution in [2.75, 3.05) is 17.3 Å². The van der Waals surface area contributed by atoms with Crippen LogP contribution in [0.2, 0.25) is 0 Å². The van der Waals surface area contributed by atoms with Crippen LogP contribution < -0.4 is 16.2 Å². The maximum atomic E-state index is 13.0. The van der Waals surface area contributed by atoms with Crippen LogP contribution in [-0.2, 0) is 9.53 Å². The summed E-state index contributed by atoms with van der Waals surface area (Å²) in [4.78, 5) is 13.0. The van der Waals surface area contributed by atoms with Crippen molar-refractivity contribution in [3.05, 3.63) is 114 Å². The first kappa shape index (κ1) is 19.3. The standard InChI is InChI=1S/C25H23N3O2/c1-2-30-25(29)24-22(17-26-28-19-13-7-4-8-14-19)27-21-16-10-9-15-20(21)23(24)18-11-5-3-6-12-18/h3-17,26-28H,2H2,1H3/b22-17-. The van der Waals surface area contributed by atoms with E-state index in [1.165, 1.54) is 0 Å². The molecule has 0 atom stereocenters. The zero-order chi connectivity index (χ0) is 20.8. The minimum absolute atomic E-state index is 0.301. The molecular weight excluding hydrogens is 374 g/mol. The molecule has 30 heavy (non-hydrogen) atoms. The van der Waals surface area contributed by atoms with Crippen LogP contribution in [0.3, 0.4) is 0 Å². The number of fused-ring (bicyclic) bond motifs is 1. The fourth-order valence-corrected chi connectivity index (χ4v) is 3.43. The summed E-state index contributed by atoms with van der Waals surface area (Å²) in [6.45, 7) is 2.11. The highest BCUT2D eigenvalue weighted by Crippen LogP contribution is 2.39. The lowest BCUT2D eigenvalue weighted by Gasteiger charge is -2.26. The summed E-state index contributed by atoms with van der Waals surface area (Å²) in [5.41, 5.74) is 11.9. The number of anilines is 2. The molecule has 5 nitrogen and oxygen atoms in total. The van der Waals surface area contributed by atoms with E-state index in [9.17, 15) is 4.79 Å². The molecular formula is C25H23N3O2. The number of ether oxygens (including phenoxy) is 1. The number of benzene rings is 3. The molecule has 1 aliphatic heterocycles. The lowest BCUT2D eigenvalue weighted by Crippen LogP contribution is -2.24. The number of hydrogen-bond donors (Lipinski definition) is 3. The van der Waals surface area contributed by atoms with Crippen molar-refractivity contribution in [3.8, 4) is 0 Å². The van der Waals surface area contributed by atoms with E-state index in [-0.39, 0.29) is 5.97 Å². The first-order chi connectivity index (χ1) is 14.8. The molecule has 0 saturated heterocycles. The average Bonchev–Trinajstić information content (AvgIpc) is 2.79. The summed E-state index contributed by atoms with van der Waals surface area (Å²) in [7, 11) is 0. The molecule has 0 fully saturated rings. The SMILES string of the molecule is CCOC(=O)C1=C(c2ccccc2)c2ccccc2N/C1=C\NNc1ccccc1. The average molecular weight is 397 g/mol. The van der Waals surface area contributed by atoms with Crippen LogP contribution in [0.25, 0.3) is 5.57 Å². The summed E-state index contributed by atoms with van der Waals surface area (Å²) in [5, 5.41) is 3.37. The summed E-state index contributed by atoms with van der Waals surface area (Å²) in [6, 6.07) is 27.6. The van der Waals surface area contributed by atoms with Crippen molar-refractivity contribution in [1.82, 2.24) is 5.43 Å². The van der Waals surface area contributed by atoms with E-state index in [1.807, 2.05) is 91.9 Å². The van der Waals surface area contributed by atoms with E-state index < -0.39 is 0 Å². The molecule has 5 heteroatoms. The fraction of sp³-hybridized carbons (Fsp3) is 0.0800. The highest BCUT2D eigenvalue weighted by atomic mass is 16.5. The molecule has 1 heterocycles. The second kappa shape index (κ2) is 9.01. The zero-order valence-electron chi connectivity index (χ0n) is 16.7. The summed E-state index contributed by atoms with van der Waals surface area (Å²) >= 11 is 0. The van der Waals surface area contributed by atoms with Crippen LogP contribution in [-0.4, -0.2) is 12.6 Å². The molecule has 0 spiro atoms. The number of hydrazine groups is 1. The number of rotatable bonds is 6. The van der Waals surface area contributed by atoms with E-state index >= 15 is 0 Å². The van der Waals surface area contributed by atoms with Gasteiger partial charge in [-0.2, -0.15) is 0 Å². The Kier molecular flexibility index (Phi) is 5.80. The van der Waals surface area contributed by atoms with E-state index in [1.54, 1.807) is 6.20 Å². The molecule has 1 aliphatic rings. The maximum absolute atomic E-state index is 13.0. The van der Waals surface area contributed by atoms with Gasteiger partial charge in [-0.3, -0.25) is 0 Å². The van der Waals surface area contributed by atoms with Crippen molar-refractivity contribution in [2.24, 2.45) is 0 Å². The topological polar surface area (TPSA) is 62.4 Å². The molecule has 0 radical (unpaired) electrons. The molecule has 4 rings (SSSR count). The van der Waals surface area contributed by atoms with Gasteiger partial charge in [-0.05, 0) is 30.7 Å². The molecule has 0 amide bonds. The molecule has 0 aromatic heterocycles. The lowest BCUT2D eigenvalue weighted by atomic mass is 9.87. The van der Waals surface area contributed by atoms with Gasteiger partial charge < -0.3 is 20.9 Å². The monoisotopic (exact) mass is 397 g/mol. The van der Waals surface area contributed by atoms with Gasteiger partial charge in [0.2, 0.25) is 0 Å². The Hall–Kier alpha value is -3.99. The fourth-order valence-electron chi connectivity index (χ4n) is 3.43. The van der Waals surface area contributed by atoms with E-state index in [2.05, 4.69) is 16.2 Å². The minimum atomic E-state index is -0.369. The molecule has 3 N–H and O–H groups in total. The first-order valence-corrected chi connectivity index (χ1v) is 9.88. The van der Waals surface area contributed by atoms with Crippen molar-refractivity contribution in [1.29, 1.82) is 0 Å². The van der Waals surface area contributed by atoms with Gasteiger partial charge in [-0.25, -0.2) is 4.79 Å². The van der Waals surface area contributed by atoms with Gasteiger partial charge in [-0.1, -0.05) is 66.7 Å². The highest BCUT2D eigenvalue weighted by molar-refractivity contribution is 6.10. The van der Waals surface area contributed by atoms with Crippen LogP contribution in [0.1, 0.15) is 18.1 Å². The van der Waals surface area contributed by atoms with Crippen LogP contribution in [0.15, 0.2) is 102 Å². The van der Waals surface area contributed by atoms with Gasteiger partial charge in [0, 0.05) is 23.0 Å². The van der Waals surface area contributed by atoms with Crippen molar-refractivity contribution in [2.45, 2.75) is 6.92 Å². The Balaban J connectivity index is 1.81. The molecule has 3 aromatic rings. The largest absolute Gasteiger partial charge is 0.462 e. The molecule has 0 bridgehead atoms. The van der Waals surface area contributed by atoms with Crippen molar-refractivity contribution in [3.63, 3.8) is 0 Å². The second-order valence-corrected chi connectivity index (χ2v) is 6.70. The third-order valence-electron chi connectivity index (χ3n) is 4.73. The highest BCUT2D eigenvalue weighted by Gasteiger charge is 2.29. The molecule has 3 aromatic carbocycles. The molecule has 0 unspecified atom stereocenters. The van der Waals surface area contributed by atoms with Crippen molar-refractivity contribution < 1.29 is 9.53 Å². The number of hydrogen-bond acceptors (Lipinski definition) is 5. The van der Waals surface area contributed by atoms with Crippen LogP contribution in [0.5, 0.6) is 0 Å². The van der Waals surface area contributed by atoms with E-state index in [0.717, 1.165) is 28.1 Å². The maximum Gasteiger partial charge on any atom is 0.340 e. The van der Waals surface area contributed by atoms with Gasteiger partial charge in [-0.15, -0.1) is 0 Å². The number of esters is 1. The minimum Gasteiger partial charge on any atom is -0.462 e. The first-order valence-electron chi connectivity index (χ1n) is 9.88. The quantitative estimate of drug-likeness (QED) is 0.406. The van der Waals surface area contributed by atoms with E-state index in [4.69, 9.17) is 4.74 Å². The number of para-hydroxylation sites is 2. The van der Waals surface area contributed by atoms with E-state index in [0.29, 0.717) is 17.9 Å². The Labute approximate surface area is 176 Å². The van der Waals surface area contributed by atoms with Gasteiger partial charge in [0.25, 0.3) is 0 Å². The predicted molar refractivity (Wildman–Crippen MR) is 120 cm³/mol. The summed E-state index contributed by atoms with van der Waals surface area (Å²) < 4.78 is 5.42. The third-order valence-corrected chi connectivity index (χ3v) is 4.73. The van der Waals surface area contributed by atoms with Gasteiger partial charge >= 0.3 is 5.97 Å². The lowest BCUT2D eigenvalue weighted by molar-refractivity contribution is -0.138. The molecule has 0 aliphatic carbocycles. The van der Waals surface area contributed by atoms with Crippen LogP contribution >= 0.6 is 0 Å². The predicted octanol–water partition coefficient (Wildman–Crippen LogP) is 4.94. The Morgan fingerprint density at radius 1 is 0.933 bits per heavy atom. The third kappa shape index (κ3) is 4.05. The Morgan fingerprint density at radius 3 is 2.33 bits per heavy atom. The Bertz CT molecular complexity index is 1090. The van der Waals surface area contributed by atoms with Gasteiger partial charge in [0.05, 0.1) is 23.6 Å². The molecule has 0 saturated carbocycles. The number of carbonyl (C=O) groups excluding carboxylic acids is 1. The van der Waals surface area contributed by atoms with Gasteiger partial charge in [0.1, 0.15) is 0 Å². The number of carbonyl (C=O) groups is 1. The Morgan fingerprint density at radius 2 is 1.60 bits per heavy atom. The smallest absolute Gasteiger partial charge is 0.340 e. The van der Waals surface area contributed by atoms with Crippen molar-refractivity contribution >= 4 is 22.9 Å². The van der Waals surface area contributed by atoms with Gasteiger partial charge in [0.15, 0.2) is 0 Å². The van der Waals surface area contributed by atoms with Crippen LogP contribution in [0, 0.1) is 0 Å². The molecule has 150 valence electrons. The zero-order valence-corrected chi connectivity index (χ0v) is 16.7. The summed E-state index contributed by atoms with van der Waals surface area (Å²) in [5.74, 6) is -0.369. The second-order valence-electron chi connectivity index (χ2n) is 6.70. The van der Waals surface area contributed by atoms with Crippen LogP contribution in [0.4, 0.5) is 11.4 Å². The normalized spacial score (nSPS) is 14.0. The number of nitrogens with one attached hydrogen (secondary N) is 3.